The van der Waals surface area contributed by atoms with Gasteiger partial charge in [0.25, 0.3) is 15.9 Å². The van der Waals surface area contributed by atoms with Crippen LogP contribution in [-0.4, -0.2) is 27.5 Å². The molecule has 0 radical (unpaired) electrons. The summed E-state index contributed by atoms with van der Waals surface area (Å²) >= 11 is 13.1. The van der Waals surface area contributed by atoms with Gasteiger partial charge in [-0.3, -0.25) is 9.10 Å². The minimum absolute atomic E-state index is 0.225. The van der Waals surface area contributed by atoms with Gasteiger partial charge in [-0.25, -0.2) is 8.42 Å². The van der Waals surface area contributed by atoms with Gasteiger partial charge in [-0.15, -0.1) is 11.3 Å². The van der Waals surface area contributed by atoms with Crippen molar-refractivity contribution in [1.29, 1.82) is 0 Å². The number of hydrogen-bond acceptors (Lipinski definition) is 5. The molecule has 1 aromatic heterocycles. The molecule has 0 saturated heterocycles. The Labute approximate surface area is 194 Å². The lowest BCUT2D eigenvalue weighted by atomic mass is 10.0. The van der Waals surface area contributed by atoms with Crippen LogP contribution in [0.15, 0.2) is 58.1 Å². The Morgan fingerprint density at radius 1 is 1.16 bits per heavy atom. The van der Waals surface area contributed by atoms with Gasteiger partial charge in [-0.1, -0.05) is 29.3 Å². The molecule has 0 aliphatic carbocycles. The zero-order chi connectivity index (χ0) is 22.0. The quantitative estimate of drug-likeness (QED) is 0.507. The summed E-state index contributed by atoms with van der Waals surface area (Å²) in [6.45, 7) is 0.200. The molecule has 0 spiro atoms. The van der Waals surface area contributed by atoms with Gasteiger partial charge in [-0.2, -0.15) is 0 Å². The fraction of sp³-hybridized carbons (Fsp3) is 0.190. The summed E-state index contributed by atoms with van der Waals surface area (Å²) in [7, 11) is -3.59. The van der Waals surface area contributed by atoms with E-state index in [0.717, 1.165) is 12.0 Å². The maximum atomic E-state index is 13.0. The summed E-state index contributed by atoms with van der Waals surface area (Å²) in [4.78, 5) is 12.3. The van der Waals surface area contributed by atoms with Crippen molar-refractivity contribution in [2.75, 3.05) is 22.8 Å². The van der Waals surface area contributed by atoms with Gasteiger partial charge in [0.2, 0.25) is 0 Å². The predicted octanol–water partition coefficient (Wildman–Crippen LogP) is 5.21. The number of sulfonamides is 1. The molecule has 10 heteroatoms. The highest BCUT2D eigenvalue weighted by Gasteiger charge is 2.30. The van der Waals surface area contributed by atoms with Gasteiger partial charge in [0, 0.05) is 17.3 Å². The molecule has 1 amide bonds. The van der Waals surface area contributed by atoms with E-state index in [2.05, 4.69) is 5.32 Å². The van der Waals surface area contributed by atoms with Crippen LogP contribution in [0, 0.1) is 0 Å². The van der Waals surface area contributed by atoms with Gasteiger partial charge < -0.3 is 10.1 Å². The molecular formula is C21H18Cl2N2O4S2. The zero-order valence-electron chi connectivity index (χ0n) is 16.2. The second-order valence-corrected chi connectivity index (χ2v) is 10.7. The van der Waals surface area contributed by atoms with Gasteiger partial charge in [0.05, 0.1) is 10.7 Å². The van der Waals surface area contributed by atoms with E-state index in [1.807, 2.05) is 0 Å². The molecular weight excluding hydrogens is 479 g/mol. The van der Waals surface area contributed by atoms with Crippen molar-refractivity contribution in [3.63, 3.8) is 0 Å². The van der Waals surface area contributed by atoms with Gasteiger partial charge in [-0.05, 0) is 66.2 Å². The molecule has 162 valence electrons. The van der Waals surface area contributed by atoms with Crippen LogP contribution in [0.2, 0.25) is 10.0 Å². The van der Waals surface area contributed by atoms with Crippen LogP contribution in [0.1, 0.15) is 12.0 Å². The van der Waals surface area contributed by atoms with Crippen molar-refractivity contribution in [3.05, 3.63) is 69.5 Å². The van der Waals surface area contributed by atoms with Crippen LogP contribution in [0.3, 0.4) is 0 Å². The van der Waals surface area contributed by atoms with E-state index in [9.17, 15) is 13.2 Å². The largest absolute Gasteiger partial charge is 0.482 e. The number of fused-ring (bicyclic) bond motifs is 1. The second-order valence-electron chi connectivity index (χ2n) is 6.87. The van der Waals surface area contributed by atoms with Crippen molar-refractivity contribution in [2.24, 2.45) is 0 Å². The number of ether oxygens (including phenoxy) is 1. The van der Waals surface area contributed by atoms with Crippen LogP contribution in [0.25, 0.3) is 0 Å². The first kappa shape index (κ1) is 22.0. The van der Waals surface area contributed by atoms with Crippen LogP contribution in [0.5, 0.6) is 5.75 Å². The second kappa shape index (κ2) is 9.08. The monoisotopic (exact) mass is 496 g/mol. The summed E-state index contributed by atoms with van der Waals surface area (Å²) in [5, 5.41) is 5.32. The molecule has 3 aromatic rings. The fourth-order valence-corrected chi connectivity index (χ4v) is 6.45. The highest BCUT2D eigenvalue weighted by Crippen LogP contribution is 2.35. The zero-order valence-corrected chi connectivity index (χ0v) is 19.3. The van der Waals surface area contributed by atoms with E-state index < -0.39 is 10.0 Å². The van der Waals surface area contributed by atoms with Crippen molar-refractivity contribution in [1.82, 2.24) is 0 Å². The van der Waals surface area contributed by atoms with Crippen molar-refractivity contribution >= 4 is 61.8 Å². The Bertz CT molecular complexity index is 1210. The Morgan fingerprint density at radius 3 is 2.74 bits per heavy atom. The molecule has 0 bridgehead atoms. The third-order valence-electron chi connectivity index (χ3n) is 4.73. The van der Waals surface area contributed by atoms with E-state index in [4.69, 9.17) is 27.9 Å². The van der Waals surface area contributed by atoms with E-state index in [1.54, 1.807) is 47.8 Å². The highest BCUT2D eigenvalue weighted by molar-refractivity contribution is 7.94. The number of amides is 1. The van der Waals surface area contributed by atoms with Crippen LogP contribution in [0.4, 0.5) is 11.4 Å². The van der Waals surface area contributed by atoms with Crippen LogP contribution in [-0.2, 0) is 21.2 Å². The van der Waals surface area contributed by atoms with Crippen molar-refractivity contribution in [3.8, 4) is 5.75 Å². The van der Waals surface area contributed by atoms with E-state index >= 15 is 0 Å². The lowest BCUT2D eigenvalue weighted by molar-refractivity contribution is -0.118. The third-order valence-corrected chi connectivity index (χ3v) is 8.45. The number of carbonyl (C=O) groups excluding carboxylic acids is 1. The van der Waals surface area contributed by atoms with E-state index in [-0.39, 0.29) is 12.5 Å². The molecule has 0 fully saturated rings. The van der Waals surface area contributed by atoms with Gasteiger partial charge >= 0.3 is 0 Å². The average molecular weight is 497 g/mol. The molecule has 2 aromatic carbocycles. The summed E-state index contributed by atoms with van der Waals surface area (Å²) in [6.07, 6.45) is 1.43. The summed E-state index contributed by atoms with van der Waals surface area (Å²) in [5.74, 6) is 0.00548. The molecule has 1 aliphatic heterocycles. The maximum absolute atomic E-state index is 13.0. The van der Waals surface area contributed by atoms with Crippen LogP contribution < -0.4 is 14.4 Å². The van der Waals surface area contributed by atoms with Gasteiger partial charge in [0.1, 0.15) is 9.96 Å². The number of nitrogens with one attached hydrogen (secondary N) is 1. The Morgan fingerprint density at radius 2 is 2.00 bits per heavy atom. The number of thiophene rings is 1. The fourth-order valence-electron chi connectivity index (χ4n) is 3.34. The number of hydrogen-bond donors (Lipinski definition) is 1. The molecule has 2 heterocycles. The summed E-state index contributed by atoms with van der Waals surface area (Å²) in [6, 6.07) is 13.3. The highest BCUT2D eigenvalue weighted by atomic mass is 35.5. The van der Waals surface area contributed by atoms with Crippen molar-refractivity contribution < 1.29 is 17.9 Å². The molecule has 31 heavy (non-hydrogen) atoms. The Kier molecular flexibility index (Phi) is 6.43. The number of carbonyl (C=O) groups is 1. The lowest BCUT2D eigenvalue weighted by Gasteiger charge is -2.30. The minimum atomic E-state index is -3.59. The summed E-state index contributed by atoms with van der Waals surface area (Å²) in [5.41, 5.74) is 2.08. The molecule has 4 rings (SSSR count). The number of benzene rings is 2. The molecule has 0 unspecified atom stereocenters. The number of halogens is 2. The number of anilines is 2. The number of nitrogens with zero attached hydrogens (tertiary/aromatic N) is 1. The van der Waals surface area contributed by atoms with E-state index in [1.165, 1.54) is 21.7 Å². The first-order valence-corrected chi connectivity index (χ1v) is 12.5. The topological polar surface area (TPSA) is 75.7 Å². The predicted molar refractivity (Wildman–Crippen MR) is 124 cm³/mol. The first-order valence-electron chi connectivity index (χ1n) is 9.41. The standard InChI is InChI=1S/C21H18Cl2N2O4S2/c22-15-5-8-19(17(23)12-15)29-13-20(26)24-16-6-7-18-14(11-16)3-1-9-25(18)31(27,28)21-4-2-10-30-21/h2,4-8,10-12H,1,3,9,13H2,(H,24,26). The van der Waals surface area contributed by atoms with Crippen molar-refractivity contribution in [2.45, 2.75) is 17.1 Å². The SMILES string of the molecule is O=C(COc1ccc(Cl)cc1Cl)Nc1ccc2c(c1)CCCN2S(=O)(=O)c1cccs1. The van der Waals surface area contributed by atoms with E-state index in [0.29, 0.717) is 44.3 Å². The van der Waals surface area contributed by atoms with Crippen LogP contribution >= 0.6 is 34.5 Å². The molecule has 6 nitrogen and oxygen atoms in total. The number of aryl methyl sites for hydroxylation is 1. The Balaban J connectivity index is 1.46. The minimum Gasteiger partial charge on any atom is -0.482 e. The normalized spacial score (nSPS) is 13.5. The molecule has 0 atom stereocenters. The average Bonchev–Trinajstić information content (AvgIpc) is 3.28. The van der Waals surface area contributed by atoms with Gasteiger partial charge in [0.15, 0.2) is 6.61 Å². The third kappa shape index (κ3) is 4.82. The first-order chi connectivity index (χ1) is 14.8. The summed E-state index contributed by atoms with van der Waals surface area (Å²) < 4.78 is 33.2. The lowest BCUT2D eigenvalue weighted by Crippen LogP contribution is -2.35. The molecule has 1 aliphatic rings. The molecule has 0 saturated carbocycles. The molecule has 1 N–H and O–H groups in total. The smallest absolute Gasteiger partial charge is 0.273 e. The number of rotatable bonds is 6. The Hall–Kier alpha value is -2.26. The maximum Gasteiger partial charge on any atom is 0.273 e.